The second-order valence-electron chi connectivity index (χ2n) is 3.03. The number of carbonyl (C=O) groups excluding carboxylic acids is 1. The number of carbonyl (C=O) groups is 1. The van der Waals surface area contributed by atoms with E-state index in [0.717, 1.165) is 5.75 Å². The molecule has 4 N–H and O–H groups in total. The molecule has 0 spiro atoms. The number of hydrogen-bond acceptors (Lipinski definition) is 4. The summed E-state index contributed by atoms with van der Waals surface area (Å²) in [4.78, 5) is 11.0. The van der Waals surface area contributed by atoms with E-state index in [1.807, 2.05) is 0 Å². The first-order valence-corrected chi connectivity index (χ1v) is 5.39. The van der Waals surface area contributed by atoms with E-state index in [4.69, 9.17) is 10.8 Å². The third kappa shape index (κ3) is 4.50. The molecule has 0 rings (SSSR count). The Kier molecular flexibility index (Phi) is 6.11. The average Bonchev–Trinajstić information content (AvgIpc) is 2.12. The van der Waals surface area contributed by atoms with Crippen molar-refractivity contribution >= 4 is 17.7 Å². The highest BCUT2D eigenvalue weighted by atomic mass is 32.2. The van der Waals surface area contributed by atoms with Crippen LogP contribution in [0.15, 0.2) is 0 Å². The van der Waals surface area contributed by atoms with Gasteiger partial charge in [-0.25, -0.2) is 0 Å². The van der Waals surface area contributed by atoms with Crippen molar-refractivity contribution in [3.05, 3.63) is 0 Å². The summed E-state index contributed by atoms with van der Waals surface area (Å²) in [7, 11) is 1.72. The van der Waals surface area contributed by atoms with Crippen LogP contribution in [0, 0.1) is 0 Å². The van der Waals surface area contributed by atoms with Crippen molar-refractivity contribution in [1.82, 2.24) is 5.32 Å². The van der Waals surface area contributed by atoms with Crippen LogP contribution in [0.5, 0.6) is 0 Å². The number of rotatable bonds is 7. The Bertz CT molecular complexity index is 166. The Morgan fingerprint density at radius 3 is 2.62 bits per heavy atom. The van der Waals surface area contributed by atoms with Gasteiger partial charge in [0.15, 0.2) is 0 Å². The van der Waals surface area contributed by atoms with Gasteiger partial charge in [0.25, 0.3) is 0 Å². The lowest BCUT2D eigenvalue weighted by atomic mass is 9.99. The van der Waals surface area contributed by atoms with Gasteiger partial charge in [0.05, 0.1) is 12.1 Å². The monoisotopic (exact) mass is 206 g/mol. The van der Waals surface area contributed by atoms with Gasteiger partial charge in [-0.1, -0.05) is 0 Å². The van der Waals surface area contributed by atoms with E-state index in [2.05, 4.69) is 5.32 Å². The van der Waals surface area contributed by atoms with Gasteiger partial charge in [-0.3, -0.25) is 4.79 Å². The Balaban J connectivity index is 3.78. The highest BCUT2D eigenvalue weighted by molar-refractivity contribution is 7.99. The maximum Gasteiger partial charge on any atom is 0.237 e. The normalized spacial score (nSPS) is 15.3. The number of nitrogens with one attached hydrogen (secondary N) is 1. The van der Waals surface area contributed by atoms with Gasteiger partial charge < -0.3 is 16.2 Å². The Morgan fingerprint density at radius 1 is 1.62 bits per heavy atom. The van der Waals surface area contributed by atoms with Crippen LogP contribution in [-0.2, 0) is 4.79 Å². The molecule has 0 aromatic carbocycles. The van der Waals surface area contributed by atoms with Crippen molar-refractivity contribution in [2.75, 3.05) is 25.2 Å². The SMILES string of the molecule is CNC(C)(CCSCCO)C(N)=O. The topological polar surface area (TPSA) is 75.3 Å². The molecule has 0 aromatic rings. The molecule has 4 nitrogen and oxygen atoms in total. The van der Waals surface area contributed by atoms with E-state index in [9.17, 15) is 4.79 Å². The predicted molar refractivity (Wildman–Crippen MR) is 55.7 cm³/mol. The zero-order valence-corrected chi connectivity index (χ0v) is 8.99. The van der Waals surface area contributed by atoms with Crippen molar-refractivity contribution in [3.63, 3.8) is 0 Å². The van der Waals surface area contributed by atoms with Gasteiger partial charge in [0.1, 0.15) is 0 Å². The second kappa shape index (κ2) is 6.23. The number of hydrogen-bond donors (Lipinski definition) is 3. The van der Waals surface area contributed by atoms with Crippen LogP contribution in [-0.4, -0.2) is 41.7 Å². The first-order valence-electron chi connectivity index (χ1n) is 4.24. The van der Waals surface area contributed by atoms with Crippen LogP contribution in [0.3, 0.4) is 0 Å². The number of thioether (sulfide) groups is 1. The average molecular weight is 206 g/mol. The minimum Gasteiger partial charge on any atom is -0.396 e. The fourth-order valence-electron chi connectivity index (χ4n) is 0.814. The highest BCUT2D eigenvalue weighted by Crippen LogP contribution is 2.12. The quantitative estimate of drug-likeness (QED) is 0.494. The van der Waals surface area contributed by atoms with Gasteiger partial charge in [-0.2, -0.15) is 11.8 Å². The minimum absolute atomic E-state index is 0.178. The first kappa shape index (κ1) is 12.7. The lowest BCUT2D eigenvalue weighted by Crippen LogP contribution is -2.51. The minimum atomic E-state index is -0.623. The van der Waals surface area contributed by atoms with Gasteiger partial charge in [0.2, 0.25) is 5.91 Å². The summed E-state index contributed by atoms with van der Waals surface area (Å²) >= 11 is 1.62. The van der Waals surface area contributed by atoms with E-state index >= 15 is 0 Å². The van der Waals surface area contributed by atoms with Crippen molar-refractivity contribution in [1.29, 1.82) is 0 Å². The molecule has 0 saturated heterocycles. The molecule has 1 amide bonds. The van der Waals surface area contributed by atoms with Crippen LogP contribution in [0.1, 0.15) is 13.3 Å². The molecule has 1 unspecified atom stereocenters. The summed E-state index contributed by atoms with van der Waals surface area (Å²) in [6.07, 6.45) is 0.684. The van der Waals surface area contributed by atoms with E-state index in [-0.39, 0.29) is 12.5 Å². The molecule has 0 fully saturated rings. The smallest absolute Gasteiger partial charge is 0.237 e. The zero-order valence-electron chi connectivity index (χ0n) is 8.17. The van der Waals surface area contributed by atoms with E-state index in [0.29, 0.717) is 12.2 Å². The zero-order chi connectivity index (χ0) is 10.3. The molecular formula is C8H18N2O2S. The fraction of sp³-hybridized carbons (Fsp3) is 0.875. The van der Waals surface area contributed by atoms with Crippen LogP contribution >= 0.6 is 11.8 Å². The number of primary amides is 1. The molecule has 1 atom stereocenters. The first-order chi connectivity index (χ1) is 6.06. The van der Waals surface area contributed by atoms with Crippen molar-refractivity contribution in [2.45, 2.75) is 18.9 Å². The summed E-state index contributed by atoms with van der Waals surface area (Å²) in [6.45, 7) is 1.96. The molecule has 5 heteroatoms. The van der Waals surface area contributed by atoms with E-state index < -0.39 is 5.54 Å². The lowest BCUT2D eigenvalue weighted by Gasteiger charge is -2.24. The third-order valence-electron chi connectivity index (χ3n) is 2.08. The highest BCUT2D eigenvalue weighted by Gasteiger charge is 2.27. The van der Waals surface area contributed by atoms with Gasteiger partial charge in [-0.05, 0) is 26.1 Å². The standard InChI is InChI=1S/C8H18N2O2S/c1-8(10-2,7(9)12)3-5-13-6-4-11/h10-11H,3-6H2,1-2H3,(H2,9,12). The molecule has 0 bridgehead atoms. The van der Waals surface area contributed by atoms with E-state index in [1.54, 1.807) is 25.7 Å². The fourth-order valence-corrected chi connectivity index (χ4v) is 1.70. The molecule has 0 aliphatic heterocycles. The van der Waals surface area contributed by atoms with Gasteiger partial charge >= 0.3 is 0 Å². The second-order valence-corrected chi connectivity index (χ2v) is 4.26. The van der Waals surface area contributed by atoms with Crippen LogP contribution in [0.4, 0.5) is 0 Å². The predicted octanol–water partition coefficient (Wildman–Crippen LogP) is -0.435. The summed E-state index contributed by atoms with van der Waals surface area (Å²) in [6, 6.07) is 0. The van der Waals surface area contributed by atoms with Crippen molar-refractivity contribution in [2.24, 2.45) is 5.73 Å². The van der Waals surface area contributed by atoms with Gasteiger partial charge in [-0.15, -0.1) is 0 Å². The molecule has 13 heavy (non-hydrogen) atoms. The molecule has 0 saturated carbocycles. The lowest BCUT2D eigenvalue weighted by molar-refractivity contribution is -0.123. The molecular weight excluding hydrogens is 188 g/mol. The number of aliphatic hydroxyl groups excluding tert-OH is 1. The van der Waals surface area contributed by atoms with Crippen molar-refractivity contribution in [3.8, 4) is 0 Å². The number of amides is 1. The number of aliphatic hydroxyl groups is 1. The van der Waals surface area contributed by atoms with Crippen molar-refractivity contribution < 1.29 is 9.90 Å². The Labute approximate surface area is 83.3 Å². The summed E-state index contributed by atoms with van der Waals surface area (Å²) in [5, 5.41) is 11.4. The maximum absolute atomic E-state index is 11.0. The Hall–Kier alpha value is -0.260. The molecule has 0 aliphatic carbocycles. The van der Waals surface area contributed by atoms with Gasteiger partial charge in [0, 0.05) is 5.75 Å². The summed E-state index contributed by atoms with van der Waals surface area (Å²) in [5.41, 5.74) is 4.61. The largest absolute Gasteiger partial charge is 0.396 e. The maximum atomic E-state index is 11.0. The van der Waals surface area contributed by atoms with Crippen LogP contribution < -0.4 is 11.1 Å². The molecule has 0 heterocycles. The summed E-state index contributed by atoms with van der Waals surface area (Å²) < 4.78 is 0. The Morgan fingerprint density at radius 2 is 2.23 bits per heavy atom. The van der Waals surface area contributed by atoms with E-state index in [1.165, 1.54) is 0 Å². The molecule has 0 aromatic heterocycles. The molecule has 0 aliphatic rings. The molecule has 78 valence electrons. The third-order valence-corrected chi connectivity index (χ3v) is 3.04. The number of likely N-dealkylation sites (N-methyl/N-ethyl adjacent to an activating group) is 1. The summed E-state index contributed by atoms with van der Waals surface area (Å²) in [5.74, 6) is 1.19. The molecule has 0 radical (unpaired) electrons. The van der Waals surface area contributed by atoms with Crippen LogP contribution in [0.25, 0.3) is 0 Å². The number of nitrogens with two attached hydrogens (primary N) is 1. The van der Waals surface area contributed by atoms with Crippen LogP contribution in [0.2, 0.25) is 0 Å².